The van der Waals surface area contributed by atoms with Crippen molar-refractivity contribution < 1.29 is 22.8 Å². The molecule has 0 spiro atoms. The van der Waals surface area contributed by atoms with Crippen LogP contribution in [0.4, 0.5) is 23.7 Å². The average Bonchev–Trinajstić information content (AvgIpc) is 3.00. The average molecular weight is 329 g/mol. The van der Waals surface area contributed by atoms with Crippen molar-refractivity contribution in [3.63, 3.8) is 0 Å². The van der Waals surface area contributed by atoms with Gasteiger partial charge in [-0.25, -0.2) is 4.79 Å². The number of likely N-dealkylation sites (tertiary alicyclic amines) is 1. The van der Waals surface area contributed by atoms with E-state index in [1.54, 1.807) is 11.8 Å². The quantitative estimate of drug-likeness (QED) is 0.896. The number of nitrogens with zero attached hydrogens (tertiary/aromatic N) is 1. The molecule has 0 unspecified atom stereocenters. The van der Waals surface area contributed by atoms with E-state index in [0.29, 0.717) is 13.1 Å². The van der Waals surface area contributed by atoms with Crippen LogP contribution in [0.3, 0.4) is 0 Å². The minimum Gasteiger partial charge on any atom is -0.341 e. The standard InChI is InChI=1S/C15H18F3N3O2/c1-10(13(22)21-8-2-3-9-21)19-14(23)20-12-6-4-11(5-7-12)15(16,17)18/h4-7,10H,2-3,8-9H2,1H3,(H2,19,20,23)/t10-/m0/s1. The lowest BCUT2D eigenvalue weighted by molar-refractivity contribution is -0.137. The monoisotopic (exact) mass is 329 g/mol. The van der Waals surface area contributed by atoms with Crippen LogP contribution < -0.4 is 10.6 Å². The second kappa shape index (κ2) is 6.89. The zero-order chi connectivity index (χ0) is 17.0. The Morgan fingerprint density at radius 3 is 2.22 bits per heavy atom. The summed E-state index contributed by atoms with van der Waals surface area (Å²) in [7, 11) is 0. The third-order valence-corrected chi connectivity index (χ3v) is 3.61. The van der Waals surface area contributed by atoms with Gasteiger partial charge in [-0.2, -0.15) is 13.2 Å². The number of urea groups is 1. The third-order valence-electron chi connectivity index (χ3n) is 3.61. The summed E-state index contributed by atoms with van der Waals surface area (Å²) in [6.45, 7) is 2.95. The van der Waals surface area contributed by atoms with Gasteiger partial charge in [-0.1, -0.05) is 0 Å². The molecule has 1 fully saturated rings. The second-order valence-corrected chi connectivity index (χ2v) is 5.43. The van der Waals surface area contributed by atoms with E-state index in [9.17, 15) is 22.8 Å². The highest BCUT2D eigenvalue weighted by Gasteiger charge is 2.30. The molecule has 126 valence electrons. The lowest BCUT2D eigenvalue weighted by atomic mass is 10.2. The molecule has 2 N–H and O–H groups in total. The molecule has 3 amide bonds. The summed E-state index contributed by atoms with van der Waals surface area (Å²) in [6, 6.07) is 2.76. The van der Waals surface area contributed by atoms with Crippen LogP contribution in [0.25, 0.3) is 0 Å². The Bertz CT molecular complexity index is 566. The molecule has 8 heteroatoms. The molecule has 0 aromatic heterocycles. The SMILES string of the molecule is C[C@H](NC(=O)Nc1ccc(C(F)(F)F)cc1)C(=O)N1CCCC1. The van der Waals surface area contributed by atoms with E-state index in [1.165, 1.54) is 0 Å². The Morgan fingerprint density at radius 2 is 1.70 bits per heavy atom. The van der Waals surface area contributed by atoms with Crippen molar-refractivity contribution >= 4 is 17.6 Å². The van der Waals surface area contributed by atoms with Crippen LogP contribution in [0.5, 0.6) is 0 Å². The summed E-state index contributed by atoms with van der Waals surface area (Å²) in [6.07, 6.45) is -2.51. The molecule has 0 aliphatic carbocycles. The molecule has 1 saturated heterocycles. The van der Waals surface area contributed by atoms with Crippen LogP contribution in [0.1, 0.15) is 25.3 Å². The minimum absolute atomic E-state index is 0.162. The van der Waals surface area contributed by atoms with Crippen LogP contribution in [0, 0.1) is 0 Å². The lowest BCUT2D eigenvalue weighted by Gasteiger charge is -2.21. The minimum atomic E-state index is -4.42. The normalized spacial score (nSPS) is 16.1. The van der Waals surface area contributed by atoms with Crippen LogP contribution in [0.15, 0.2) is 24.3 Å². The number of alkyl halides is 3. The van der Waals surface area contributed by atoms with Gasteiger partial charge >= 0.3 is 12.2 Å². The van der Waals surface area contributed by atoms with Gasteiger partial charge in [0.25, 0.3) is 0 Å². The van der Waals surface area contributed by atoms with Crippen molar-refractivity contribution in [2.24, 2.45) is 0 Å². The first-order valence-corrected chi connectivity index (χ1v) is 7.31. The van der Waals surface area contributed by atoms with Gasteiger partial charge in [0.2, 0.25) is 5.91 Å². The van der Waals surface area contributed by atoms with Gasteiger partial charge in [0.15, 0.2) is 0 Å². The summed E-state index contributed by atoms with van der Waals surface area (Å²) < 4.78 is 37.3. The van der Waals surface area contributed by atoms with Gasteiger partial charge in [0.1, 0.15) is 6.04 Å². The smallest absolute Gasteiger partial charge is 0.341 e. The van der Waals surface area contributed by atoms with Crippen molar-refractivity contribution in [3.05, 3.63) is 29.8 Å². The number of amides is 3. The Hall–Kier alpha value is -2.25. The maximum atomic E-state index is 12.4. The van der Waals surface area contributed by atoms with Gasteiger partial charge in [-0.3, -0.25) is 4.79 Å². The molecule has 1 aromatic carbocycles. The fourth-order valence-electron chi connectivity index (χ4n) is 2.38. The first kappa shape index (κ1) is 17.1. The molecule has 23 heavy (non-hydrogen) atoms. The van der Waals surface area contributed by atoms with Gasteiger partial charge in [-0.15, -0.1) is 0 Å². The summed E-state index contributed by atoms with van der Waals surface area (Å²) in [5, 5.41) is 4.90. The fraction of sp³-hybridized carbons (Fsp3) is 0.467. The molecule has 0 saturated carbocycles. The molecule has 0 bridgehead atoms. The molecular weight excluding hydrogens is 311 g/mol. The van der Waals surface area contributed by atoms with Crippen molar-refractivity contribution in [2.45, 2.75) is 32.0 Å². The maximum Gasteiger partial charge on any atom is 0.416 e. The van der Waals surface area contributed by atoms with Crippen molar-refractivity contribution in [2.75, 3.05) is 18.4 Å². The van der Waals surface area contributed by atoms with Gasteiger partial charge in [0, 0.05) is 18.8 Å². The predicted octanol–water partition coefficient (Wildman–Crippen LogP) is 2.84. The predicted molar refractivity (Wildman–Crippen MR) is 78.9 cm³/mol. The van der Waals surface area contributed by atoms with E-state index in [4.69, 9.17) is 0 Å². The zero-order valence-electron chi connectivity index (χ0n) is 12.6. The number of hydrogen-bond donors (Lipinski definition) is 2. The number of halogens is 3. The number of carbonyl (C=O) groups excluding carboxylic acids is 2. The first-order valence-electron chi connectivity index (χ1n) is 7.31. The number of anilines is 1. The largest absolute Gasteiger partial charge is 0.416 e. The first-order chi connectivity index (χ1) is 10.8. The Labute approximate surface area is 131 Å². The number of nitrogens with one attached hydrogen (secondary N) is 2. The Morgan fingerprint density at radius 1 is 1.13 bits per heavy atom. The zero-order valence-corrected chi connectivity index (χ0v) is 12.6. The highest BCUT2D eigenvalue weighted by molar-refractivity contribution is 5.93. The van der Waals surface area contributed by atoms with Crippen molar-refractivity contribution in [3.8, 4) is 0 Å². The van der Waals surface area contributed by atoms with Crippen LogP contribution >= 0.6 is 0 Å². The highest BCUT2D eigenvalue weighted by Crippen LogP contribution is 2.29. The molecule has 2 rings (SSSR count). The number of carbonyl (C=O) groups is 2. The molecule has 1 aliphatic rings. The molecule has 0 radical (unpaired) electrons. The lowest BCUT2D eigenvalue weighted by Crippen LogP contribution is -2.47. The number of benzene rings is 1. The molecule has 1 aliphatic heterocycles. The summed E-state index contributed by atoms with van der Waals surface area (Å²) in [4.78, 5) is 25.5. The van der Waals surface area contributed by atoms with Gasteiger partial charge in [0.05, 0.1) is 5.56 Å². The topological polar surface area (TPSA) is 61.4 Å². The molecule has 1 aromatic rings. The summed E-state index contributed by atoms with van der Waals surface area (Å²) in [5.41, 5.74) is -0.572. The second-order valence-electron chi connectivity index (χ2n) is 5.43. The molecule has 1 heterocycles. The number of hydrogen-bond acceptors (Lipinski definition) is 2. The van der Waals surface area contributed by atoms with Crippen LogP contribution in [-0.4, -0.2) is 36.0 Å². The van der Waals surface area contributed by atoms with E-state index in [-0.39, 0.29) is 11.6 Å². The van der Waals surface area contributed by atoms with E-state index >= 15 is 0 Å². The summed E-state index contributed by atoms with van der Waals surface area (Å²) >= 11 is 0. The van der Waals surface area contributed by atoms with E-state index in [1.807, 2.05) is 0 Å². The maximum absolute atomic E-state index is 12.4. The Balaban J connectivity index is 1.87. The van der Waals surface area contributed by atoms with Gasteiger partial charge < -0.3 is 15.5 Å². The summed E-state index contributed by atoms with van der Waals surface area (Å²) in [5.74, 6) is -0.162. The van der Waals surface area contributed by atoms with E-state index in [0.717, 1.165) is 37.1 Å². The molecule has 1 atom stereocenters. The highest BCUT2D eigenvalue weighted by atomic mass is 19.4. The van der Waals surface area contributed by atoms with Gasteiger partial charge in [-0.05, 0) is 44.0 Å². The molecule has 5 nitrogen and oxygen atoms in total. The van der Waals surface area contributed by atoms with Crippen molar-refractivity contribution in [1.82, 2.24) is 10.2 Å². The fourth-order valence-corrected chi connectivity index (χ4v) is 2.38. The van der Waals surface area contributed by atoms with Crippen LogP contribution in [0.2, 0.25) is 0 Å². The third kappa shape index (κ3) is 4.61. The van der Waals surface area contributed by atoms with E-state index in [2.05, 4.69) is 10.6 Å². The van der Waals surface area contributed by atoms with Crippen molar-refractivity contribution in [1.29, 1.82) is 0 Å². The van der Waals surface area contributed by atoms with E-state index < -0.39 is 23.8 Å². The Kier molecular flexibility index (Phi) is 5.12. The number of rotatable bonds is 3. The molecular formula is C15H18F3N3O2. The van der Waals surface area contributed by atoms with Crippen LogP contribution in [-0.2, 0) is 11.0 Å².